The van der Waals surface area contributed by atoms with Gasteiger partial charge in [0.25, 0.3) is 10.0 Å². The summed E-state index contributed by atoms with van der Waals surface area (Å²) < 4.78 is 33.1. The quantitative estimate of drug-likeness (QED) is 0.570. The first-order valence-corrected chi connectivity index (χ1v) is 12.5. The van der Waals surface area contributed by atoms with E-state index in [9.17, 15) is 13.2 Å². The molecule has 3 aromatic rings. The molecule has 11 heteroatoms. The first kappa shape index (κ1) is 21.9. The largest absolute Gasteiger partial charge is 0.339 e. The first-order valence-electron chi connectivity index (χ1n) is 9.85. The highest BCUT2D eigenvalue weighted by Gasteiger charge is 2.34. The fourth-order valence-corrected chi connectivity index (χ4v) is 6.40. The van der Waals surface area contributed by atoms with Crippen molar-refractivity contribution >= 4 is 44.6 Å². The summed E-state index contributed by atoms with van der Waals surface area (Å²) in [4.78, 5) is 17.0. The van der Waals surface area contributed by atoms with Gasteiger partial charge in [0, 0.05) is 30.5 Å². The summed E-state index contributed by atoms with van der Waals surface area (Å²) in [5.41, 5.74) is 1.11. The number of halogens is 1. The third kappa shape index (κ3) is 4.67. The maximum atomic E-state index is 13.2. The average Bonchev–Trinajstić information content (AvgIpc) is 3.45. The Morgan fingerprint density at radius 3 is 2.94 bits per heavy atom. The number of aryl methyl sites for hydroxylation is 1. The summed E-state index contributed by atoms with van der Waals surface area (Å²) in [6.45, 7) is 2.39. The topological polar surface area (TPSA) is 105 Å². The van der Waals surface area contributed by atoms with Gasteiger partial charge in [-0.1, -0.05) is 35.8 Å². The minimum absolute atomic E-state index is 0.119. The number of benzene rings is 1. The van der Waals surface area contributed by atoms with Crippen molar-refractivity contribution in [3.8, 4) is 11.4 Å². The van der Waals surface area contributed by atoms with Gasteiger partial charge in [-0.25, -0.2) is 8.42 Å². The number of carbonyl (C=O) groups excluding carboxylic acids is 1. The zero-order valence-electron chi connectivity index (χ0n) is 16.7. The van der Waals surface area contributed by atoms with E-state index in [1.165, 1.54) is 4.31 Å². The molecule has 1 aliphatic rings. The van der Waals surface area contributed by atoms with Crippen LogP contribution in [-0.2, 0) is 21.2 Å². The number of nitrogens with zero attached hydrogens (tertiary/aromatic N) is 3. The average molecular weight is 481 g/mol. The minimum Gasteiger partial charge on any atom is -0.339 e. The Kier molecular flexibility index (Phi) is 6.42. The van der Waals surface area contributed by atoms with Crippen molar-refractivity contribution in [1.29, 1.82) is 0 Å². The standard InChI is InChI=1S/C20H21ClN4O4S2/c1-2-17-23-19(24-29-17)14-10-18(30-12-14)31(27,28)25-9-5-6-13(11-25)20(26)22-16-8-4-3-7-15(16)21/h3-4,7-8,10,12-13H,2,5-6,9,11H2,1H3,(H,22,26). The van der Waals surface area contributed by atoms with Crippen LogP contribution in [0.4, 0.5) is 5.69 Å². The van der Waals surface area contributed by atoms with E-state index in [0.717, 1.165) is 11.3 Å². The van der Waals surface area contributed by atoms with E-state index in [4.69, 9.17) is 16.1 Å². The number of thiophene rings is 1. The number of piperidine rings is 1. The van der Waals surface area contributed by atoms with Gasteiger partial charge in [-0.05, 0) is 31.0 Å². The van der Waals surface area contributed by atoms with Crippen LogP contribution in [0.5, 0.6) is 0 Å². The third-order valence-electron chi connectivity index (χ3n) is 5.08. The van der Waals surface area contributed by atoms with Gasteiger partial charge in [0.1, 0.15) is 4.21 Å². The molecule has 1 fully saturated rings. The zero-order valence-corrected chi connectivity index (χ0v) is 19.1. The molecule has 1 aromatic carbocycles. The van der Waals surface area contributed by atoms with Crippen molar-refractivity contribution in [2.45, 2.75) is 30.4 Å². The number of hydrogen-bond acceptors (Lipinski definition) is 7. The lowest BCUT2D eigenvalue weighted by atomic mass is 9.99. The van der Waals surface area contributed by atoms with Gasteiger partial charge in [0.2, 0.25) is 17.6 Å². The van der Waals surface area contributed by atoms with Gasteiger partial charge in [-0.3, -0.25) is 4.79 Å². The molecule has 31 heavy (non-hydrogen) atoms. The van der Waals surface area contributed by atoms with E-state index in [0.29, 0.717) is 53.8 Å². The summed E-state index contributed by atoms with van der Waals surface area (Å²) >= 11 is 7.22. The van der Waals surface area contributed by atoms with Gasteiger partial charge >= 0.3 is 0 Å². The van der Waals surface area contributed by atoms with Crippen LogP contribution >= 0.6 is 22.9 Å². The Morgan fingerprint density at radius 1 is 1.39 bits per heavy atom. The van der Waals surface area contributed by atoms with Crippen molar-refractivity contribution in [3.05, 3.63) is 46.6 Å². The lowest BCUT2D eigenvalue weighted by Gasteiger charge is -2.30. The minimum atomic E-state index is -3.74. The van der Waals surface area contributed by atoms with Crippen LogP contribution in [0.1, 0.15) is 25.7 Å². The number of aromatic nitrogens is 2. The van der Waals surface area contributed by atoms with E-state index in [1.54, 1.807) is 35.7 Å². The van der Waals surface area contributed by atoms with Gasteiger partial charge < -0.3 is 9.84 Å². The lowest BCUT2D eigenvalue weighted by molar-refractivity contribution is -0.120. The van der Waals surface area contributed by atoms with Crippen molar-refractivity contribution < 1.29 is 17.7 Å². The van der Waals surface area contributed by atoms with Crippen molar-refractivity contribution in [3.63, 3.8) is 0 Å². The highest BCUT2D eigenvalue weighted by Crippen LogP contribution is 2.32. The molecule has 8 nitrogen and oxygen atoms in total. The highest BCUT2D eigenvalue weighted by molar-refractivity contribution is 7.91. The smallest absolute Gasteiger partial charge is 0.252 e. The summed E-state index contributed by atoms with van der Waals surface area (Å²) in [7, 11) is -3.74. The monoisotopic (exact) mass is 480 g/mol. The molecule has 1 amide bonds. The van der Waals surface area contributed by atoms with Crippen LogP contribution in [-0.4, -0.2) is 41.9 Å². The zero-order chi connectivity index (χ0) is 22.0. The number of carbonyl (C=O) groups is 1. The Bertz CT molecular complexity index is 1190. The molecule has 0 spiro atoms. The highest BCUT2D eigenvalue weighted by atomic mass is 35.5. The summed E-state index contributed by atoms with van der Waals surface area (Å²) in [6, 6.07) is 8.52. The van der Waals surface area contributed by atoms with Crippen molar-refractivity contribution in [2.24, 2.45) is 5.92 Å². The van der Waals surface area contributed by atoms with Gasteiger partial charge in [-0.2, -0.15) is 9.29 Å². The molecule has 0 saturated carbocycles. The molecule has 1 N–H and O–H groups in total. The maximum absolute atomic E-state index is 13.2. The Balaban J connectivity index is 1.48. The molecular weight excluding hydrogens is 460 g/mol. The second kappa shape index (κ2) is 9.07. The van der Waals surface area contributed by atoms with Crippen molar-refractivity contribution in [1.82, 2.24) is 14.4 Å². The fourth-order valence-electron chi connectivity index (χ4n) is 3.38. The van der Waals surface area contributed by atoms with E-state index < -0.39 is 15.9 Å². The van der Waals surface area contributed by atoms with E-state index in [1.807, 2.05) is 6.92 Å². The molecule has 1 saturated heterocycles. The fraction of sp³-hybridized carbons (Fsp3) is 0.350. The molecule has 3 heterocycles. The summed E-state index contributed by atoms with van der Waals surface area (Å²) in [5, 5.41) is 8.84. The predicted molar refractivity (Wildman–Crippen MR) is 119 cm³/mol. The summed E-state index contributed by atoms with van der Waals surface area (Å²) in [6.07, 6.45) is 1.82. The number of para-hydroxylation sites is 1. The van der Waals surface area contributed by atoms with Crippen LogP contribution in [0.25, 0.3) is 11.4 Å². The molecule has 164 valence electrons. The van der Waals surface area contributed by atoms with Gasteiger partial charge in [0.05, 0.1) is 16.6 Å². The predicted octanol–water partition coefficient (Wildman–Crippen LogP) is 4.05. The molecule has 1 atom stereocenters. The van der Waals surface area contributed by atoms with Crippen LogP contribution < -0.4 is 5.32 Å². The molecule has 0 bridgehead atoms. The van der Waals surface area contributed by atoms with Crippen LogP contribution in [0, 0.1) is 5.92 Å². The van der Waals surface area contributed by atoms with Crippen molar-refractivity contribution in [2.75, 3.05) is 18.4 Å². The third-order valence-corrected chi connectivity index (χ3v) is 8.69. The van der Waals surface area contributed by atoms with E-state index in [2.05, 4.69) is 15.5 Å². The second-order valence-electron chi connectivity index (χ2n) is 7.19. The van der Waals surface area contributed by atoms with E-state index >= 15 is 0 Å². The Labute approximate surface area is 189 Å². The summed E-state index contributed by atoms with van der Waals surface area (Å²) in [5.74, 6) is 0.168. The molecule has 0 aliphatic carbocycles. The lowest BCUT2D eigenvalue weighted by Crippen LogP contribution is -2.43. The molecule has 0 radical (unpaired) electrons. The van der Waals surface area contributed by atoms with Crippen LogP contribution in [0.15, 0.2) is 44.4 Å². The molecule has 2 aromatic heterocycles. The molecule has 4 rings (SSSR count). The Hall–Kier alpha value is -2.27. The number of nitrogens with one attached hydrogen (secondary N) is 1. The number of rotatable bonds is 6. The molecule has 1 aliphatic heterocycles. The maximum Gasteiger partial charge on any atom is 0.252 e. The molecular formula is C20H21ClN4O4S2. The number of anilines is 1. The molecule has 1 unspecified atom stereocenters. The van der Waals surface area contributed by atoms with E-state index in [-0.39, 0.29) is 16.7 Å². The number of hydrogen-bond donors (Lipinski definition) is 1. The second-order valence-corrected chi connectivity index (χ2v) is 10.7. The van der Waals surface area contributed by atoms with Crippen LogP contribution in [0.3, 0.4) is 0 Å². The number of amides is 1. The van der Waals surface area contributed by atoms with Gasteiger partial charge in [0.15, 0.2) is 0 Å². The first-order chi connectivity index (χ1) is 14.9. The SMILES string of the molecule is CCc1nc(-c2csc(S(=O)(=O)N3CCCC(C(=O)Nc4ccccc4Cl)C3)c2)no1. The number of sulfonamides is 1. The Morgan fingerprint density at radius 2 is 2.19 bits per heavy atom. The normalized spacial score (nSPS) is 17.5. The van der Waals surface area contributed by atoms with Crippen LogP contribution in [0.2, 0.25) is 5.02 Å². The van der Waals surface area contributed by atoms with Gasteiger partial charge in [-0.15, -0.1) is 11.3 Å².